The van der Waals surface area contributed by atoms with Gasteiger partial charge >= 0.3 is 0 Å². The molecule has 2 aromatic carbocycles. The monoisotopic (exact) mass is 388 g/mol. The molecular weight excluding hydrogens is 360 g/mol. The molecule has 1 aliphatic heterocycles. The molecule has 0 spiro atoms. The van der Waals surface area contributed by atoms with E-state index in [0.717, 1.165) is 30.9 Å². The van der Waals surface area contributed by atoms with Crippen molar-refractivity contribution in [2.45, 2.75) is 44.7 Å². The molecule has 27 heavy (non-hydrogen) atoms. The minimum absolute atomic E-state index is 0.125. The van der Waals surface area contributed by atoms with E-state index in [2.05, 4.69) is 24.4 Å². The van der Waals surface area contributed by atoms with Crippen LogP contribution >= 0.6 is 0 Å². The summed E-state index contributed by atoms with van der Waals surface area (Å²) in [6.07, 6.45) is 0.973. The van der Waals surface area contributed by atoms with Crippen LogP contribution in [0.2, 0.25) is 0 Å². The molecule has 0 amide bonds. The van der Waals surface area contributed by atoms with Crippen LogP contribution in [0.4, 0.5) is 0 Å². The number of sulfonamides is 1. The zero-order valence-electron chi connectivity index (χ0n) is 16.2. The van der Waals surface area contributed by atoms with Crippen LogP contribution in [-0.4, -0.2) is 32.4 Å². The van der Waals surface area contributed by atoms with Crippen molar-refractivity contribution in [2.75, 3.05) is 19.7 Å². The van der Waals surface area contributed by atoms with E-state index < -0.39 is 10.0 Å². The third kappa shape index (κ3) is 4.34. The first kappa shape index (κ1) is 19.9. The fourth-order valence-corrected chi connectivity index (χ4v) is 4.84. The minimum atomic E-state index is -3.40. The molecule has 0 fully saturated rings. The summed E-state index contributed by atoms with van der Waals surface area (Å²) in [5, 5.41) is 3.51. The Morgan fingerprint density at radius 3 is 2.48 bits per heavy atom. The second-order valence-corrected chi connectivity index (χ2v) is 8.74. The van der Waals surface area contributed by atoms with Gasteiger partial charge in [-0.2, -0.15) is 4.31 Å². The van der Waals surface area contributed by atoms with Gasteiger partial charge in [0.2, 0.25) is 10.0 Å². The van der Waals surface area contributed by atoms with Crippen LogP contribution in [0.25, 0.3) is 0 Å². The second kappa shape index (κ2) is 8.42. The first-order valence-electron chi connectivity index (χ1n) is 9.53. The maximum atomic E-state index is 12.6. The summed E-state index contributed by atoms with van der Waals surface area (Å²) in [5.41, 5.74) is 3.57. The average Bonchev–Trinajstić information content (AvgIpc) is 3.14. The highest BCUT2D eigenvalue weighted by Crippen LogP contribution is 2.26. The zero-order chi connectivity index (χ0) is 19.4. The first-order valence-corrected chi connectivity index (χ1v) is 11.0. The Morgan fingerprint density at radius 1 is 1.11 bits per heavy atom. The van der Waals surface area contributed by atoms with Crippen LogP contribution in [0.1, 0.15) is 43.5 Å². The van der Waals surface area contributed by atoms with Crippen molar-refractivity contribution < 1.29 is 13.2 Å². The lowest BCUT2D eigenvalue weighted by molar-refractivity contribution is 0.357. The molecule has 1 unspecified atom stereocenters. The van der Waals surface area contributed by atoms with Gasteiger partial charge < -0.3 is 10.1 Å². The van der Waals surface area contributed by atoms with Crippen molar-refractivity contribution in [1.29, 1.82) is 0 Å². The molecule has 0 bridgehead atoms. The summed E-state index contributed by atoms with van der Waals surface area (Å²) in [4.78, 5) is 0.348. The quantitative estimate of drug-likeness (QED) is 0.752. The van der Waals surface area contributed by atoms with E-state index >= 15 is 0 Å². The Hall–Kier alpha value is -1.89. The van der Waals surface area contributed by atoms with Gasteiger partial charge in [0.05, 0.1) is 11.5 Å². The highest BCUT2D eigenvalue weighted by atomic mass is 32.2. The van der Waals surface area contributed by atoms with E-state index in [1.165, 1.54) is 15.4 Å². The van der Waals surface area contributed by atoms with Gasteiger partial charge in [0.25, 0.3) is 0 Å². The molecule has 0 aromatic heterocycles. The van der Waals surface area contributed by atoms with Gasteiger partial charge in [-0.05, 0) is 41.8 Å². The maximum absolute atomic E-state index is 12.6. The van der Waals surface area contributed by atoms with Crippen LogP contribution in [-0.2, 0) is 23.0 Å². The van der Waals surface area contributed by atoms with Gasteiger partial charge in [0, 0.05) is 32.1 Å². The lowest BCUT2D eigenvalue weighted by atomic mass is 10.1. The van der Waals surface area contributed by atoms with Crippen LogP contribution in [0.3, 0.4) is 0 Å². The lowest BCUT2D eigenvalue weighted by Gasteiger charge is -2.19. The van der Waals surface area contributed by atoms with Gasteiger partial charge in [0.1, 0.15) is 5.75 Å². The number of rotatable bonds is 8. The topological polar surface area (TPSA) is 58.6 Å². The number of fused-ring (bicyclic) bond motifs is 1. The van der Waals surface area contributed by atoms with Crippen molar-refractivity contribution in [3.05, 3.63) is 59.2 Å². The molecule has 0 saturated heterocycles. The average molecular weight is 389 g/mol. The number of hydrogen-bond acceptors (Lipinski definition) is 4. The van der Waals surface area contributed by atoms with Crippen molar-refractivity contribution in [3.63, 3.8) is 0 Å². The molecule has 3 rings (SSSR count). The van der Waals surface area contributed by atoms with Crippen molar-refractivity contribution >= 4 is 10.0 Å². The molecule has 1 atom stereocenters. The molecular formula is C21H28N2O3S. The van der Waals surface area contributed by atoms with E-state index in [4.69, 9.17) is 4.74 Å². The smallest absolute Gasteiger partial charge is 0.243 e. The molecule has 1 heterocycles. The Balaban J connectivity index is 1.64. The number of nitrogens with zero attached hydrogens (tertiary/aromatic N) is 1. The van der Waals surface area contributed by atoms with Gasteiger partial charge in [-0.15, -0.1) is 0 Å². The molecule has 2 aromatic rings. The Bertz CT molecular complexity index is 875. The normalized spacial score (nSPS) is 14.8. The summed E-state index contributed by atoms with van der Waals surface area (Å²) in [7, 11) is -3.40. The number of benzene rings is 2. The highest BCUT2D eigenvalue weighted by Gasteiger charge is 2.21. The standard InChI is InChI=1S/C21H28N2O3S/c1-4-23(5-2)27(24,25)20-9-7-18(8-10-20)16(3)22-15-17-6-11-21-19(14-17)12-13-26-21/h6-11,14,16,22H,4-5,12-13,15H2,1-3H3. The first-order chi connectivity index (χ1) is 13.0. The van der Waals surface area contributed by atoms with Gasteiger partial charge in [0.15, 0.2) is 0 Å². The van der Waals surface area contributed by atoms with E-state index in [9.17, 15) is 8.42 Å². The summed E-state index contributed by atoms with van der Waals surface area (Å²) in [6.45, 7) is 8.28. The maximum Gasteiger partial charge on any atom is 0.243 e. The van der Waals surface area contributed by atoms with E-state index in [0.29, 0.717) is 18.0 Å². The number of hydrogen-bond donors (Lipinski definition) is 1. The Labute approximate surface area is 162 Å². The molecule has 146 valence electrons. The fraction of sp³-hybridized carbons (Fsp3) is 0.429. The third-order valence-corrected chi connectivity index (χ3v) is 7.15. The van der Waals surface area contributed by atoms with Crippen molar-refractivity contribution in [3.8, 4) is 5.75 Å². The van der Waals surface area contributed by atoms with Crippen molar-refractivity contribution in [1.82, 2.24) is 9.62 Å². The SMILES string of the molecule is CCN(CC)S(=O)(=O)c1ccc(C(C)NCc2ccc3c(c2)CCO3)cc1. The number of nitrogens with one attached hydrogen (secondary N) is 1. The Morgan fingerprint density at radius 2 is 1.81 bits per heavy atom. The zero-order valence-corrected chi connectivity index (χ0v) is 17.1. The molecule has 1 aliphatic rings. The van der Waals surface area contributed by atoms with Gasteiger partial charge in [-0.3, -0.25) is 0 Å². The van der Waals surface area contributed by atoms with E-state index in [-0.39, 0.29) is 6.04 Å². The van der Waals surface area contributed by atoms with Gasteiger partial charge in [-0.25, -0.2) is 8.42 Å². The van der Waals surface area contributed by atoms with E-state index in [1.807, 2.05) is 32.0 Å². The summed E-state index contributed by atoms with van der Waals surface area (Å²) < 4.78 is 32.2. The molecule has 0 saturated carbocycles. The van der Waals surface area contributed by atoms with Crippen LogP contribution < -0.4 is 10.1 Å². The summed E-state index contributed by atoms with van der Waals surface area (Å²) >= 11 is 0. The predicted octanol–water partition coefficient (Wildman–Crippen LogP) is 3.50. The molecule has 5 nitrogen and oxygen atoms in total. The summed E-state index contributed by atoms with van der Waals surface area (Å²) in [5.74, 6) is 0.997. The number of ether oxygens (including phenoxy) is 1. The van der Waals surface area contributed by atoms with E-state index in [1.54, 1.807) is 12.1 Å². The van der Waals surface area contributed by atoms with Crippen LogP contribution in [0.15, 0.2) is 47.4 Å². The second-order valence-electron chi connectivity index (χ2n) is 6.80. The molecule has 0 aliphatic carbocycles. The van der Waals surface area contributed by atoms with Gasteiger partial charge in [-0.1, -0.05) is 38.1 Å². The molecule has 1 N–H and O–H groups in total. The van der Waals surface area contributed by atoms with Crippen LogP contribution in [0.5, 0.6) is 5.75 Å². The lowest BCUT2D eigenvalue weighted by Crippen LogP contribution is -2.30. The highest BCUT2D eigenvalue weighted by molar-refractivity contribution is 7.89. The largest absolute Gasteiger partial charge is 0.493 e. The fourth-order valence-electron chi connectivity index (χ4n) is 3.38. The Kier molecular flexibility index (Phi) is 6.19. The predicted molar refractivity (Wildman–Crippen MR) is 107 cm³/mol. The molecule has 0 radical (unpaired) electrons. The molecule has 6 heteroatoms. The van der Waals surface area contributed by atoms with Crippen molar-refractivity contribution in [2.24, 2.45) is 0 Å². The van der Waals surface area contributed by atoms with Crippen LogP contribution in [0, 0.1) is 0 Å². The third-order valence-electron chi connectivity index (χ3n) is 5.09. The summed E-state index contributed by atoms with van der Waals surface area (Å²) in [6, 6.07) is 13.6. The minimum Gasteiger partial charge on any atom is -0.493 e.